The minimum atomic E-state index is -0.163. The third kappa shape index (κ3) is 3.59. The molecule has 130 valence electrons. The maximum atomic E-state index is 12.3. The number of hydrogen-bond donors (Lipinski definition) is 0. The predicted molar refractivity (Wildman–Crippen MR) is 91.1 cm³/mol. The Morgan fingerprint density at radius 1 is 1.25 bits per heavy atom. The summed E-state index contributed by atoms with van der Waals surface area (Å²) in [7, 11) is 0. The number of rotatable bonds is 3. The molecule has 0 bridgehead atoms. The Labute approximate surface area is 143 Å². The monoisotopic (exact) mass is 330 g/mol. The Morgan fingerprint density at radius 3 is 2.71 bits per heavy atom. The van der Waals surface area contributed by atoms with Gasteiger partial charge in [0.15, 0.2) is 0 Å². The lowest BCUT2D eigenvalue weighted by atomic mass is 9.86. The molecular formula is C18H26N4O2. The number of carbonyl (C=O) groups excluding carboxylic acids is 2. The first-order valence-corrected chi connectivity index (χ1v) is 8.67. The van der Waals surface area contributed by atoms with Crippen molar-refractivity contribution < 1.29 is 9.59 Å². The van der Waals surface area contributed by atoms with Gasteiger partial charge in [-0.1, -0.05) is 6.07 Å². The molecule has 1 aromatic rings. The van der Waals surface area contributed by atoms with E-state index in [-0.39, 0.29) is 17.2 Å². The molecule has 24 heavy (non-hydrogen) atoms. The summed E-state index contributed by atoms with van der Waals surface area (Å²) in [5, 5.41) is 0. The minimum absolute atomic E-state index is 0.0939. The number of carbonyl (C=O) groups is 2. The van der Waals surface area contributed by atoms with E-state index in [0.29, 0.717) is 19.5 Å². The molecule has 0 radical (unpaired) electrons. The zero-order valence-corrected chi connectivity index (χ0v) is 14.6. The standard InChI is InChI=1S/C18H26N4O2/c1-3-21-13-18(10-17(21)24)12-20(8-9-22(14-18)15(2)23)11-16-6-4-5-7-19-16/h4-7H,3,8-14H2,1-2H3/t18-/m0/s1. The van der Waals surface area contributed by atoms with Crippen LogP contribution in [0, 0.1) is 5.41 Å². The summed E-state index contributed by atoms with van der Waals surface area (Å²) in [6.45, 7) is 8.90. The summed E-state index contributed by atoms with van der Waals surface area (Å²) in [4.78, 5) is 34.9. The van der Waals surface area contributed by atoms with Gasteiger partial charge in [0.2, 0.25) is 11.8 Å². The molecule has 3 rings (SSSR count). The van der Waals surface area contributed by atoms with Crippen molar-refractivity contribution in [2.24, 2.45) is 5.41 Å². The lowest BCUT2D eigenvalue weighted by Gasteiger charge is -2.33. The van der Waals surface area contributed by atoms with Gasteiger partial charge in [0.25, 0.3) is 0 Å². The summed E-state index contributed by atoms with van der Waals surface area (Å²) >= 11 is 0. The van der Waals surface area contributed by atoms with Gasteiger partial charge in [-0.3, -0.25) is 19.5 Å². The van der Waals surface area contributed by atoms with Crippen molar-refractivity contribution in [3.05, 3.63) is 30.1 Å². The van der Waals surface area contributed by atoms with Gasteiger partial charge in [-0.25, -0.2) is 0 Å². The van der Waals surface area contributed by atoms with E-state index in [9.17, 15) is 9.59 Å². The van der Waals surface area contributed by atoms with Crippen LogP contribution in [0.5, 0.6) is 0 Å². The molecule has 2 saturated heterocycles. The molecule has 3 heterocycles. The zero-order valence-electron chi connectivity index (χ0n) is 14.6. The average molecular weight is 330 g/mol. The summed E-state index contributed by atoms with van der Waals surface area (Å²) in [5.74, 6) is 0.303. The van der Waals surface area contributed by atoms with E-state index in [2.05, 4.69) is 9.88 Å². The van der Waals surface area contributed by atoms with Crippen molar-refractivity contribution in [1.82, 2.24) is 19.7 Å². The summed E-state index contributed by atoms with van der Waals surface area (Å²) in [6, 6.07) is 5.94. The smallest absolute Gasteiger partial charge is 0.223 e. The molecule has 1 aromatic heterocycles. The molecular weight excluding hydrogens is 304 g/mol. The quantitative estimate of drug-likeness (QED) is 0.829. The third-order valence-electron chi connectivity index (χ3n) is 5.12. The molecule has 0 N–H and O–H groups in total. The van der Waals surface area contributed by atoms with Crippen molar-refractivity contribution in [3.8, 4) is 0 Å². The highest BCUT2D eigenvalue weighted by Crippen LogP contribution is 2.35. The van der Waals surface area contributed by atoms with Crippen molar-refractivity contribution in [1.29, 1.82) is 0 Å². The topological polar surface area (TPSA) is 56.8 Å². The van der Waals surface area contributed by atoms with Gasteiger partial charge in [-0.15, -0.1) is 0 Å². The molecule has 6 heteroatoms. The Kier molecular flexibility index (Phi) is 4.85. The maximum absolute atomic E-state index is 12.3. The highest BCUT2D eigenvalue weighted by Gasteiger charge is 2.46. The summed E-state index contributed by atoms with van der Waals surface area (Å²) in [6.07, 6.45) is 2.34. The van der Waals surface area contributed by atoms with Gasteiger partial charge in [0, 0.05) is 70.8 Å². The molecule has 2 fully saturated rings. The van der Waals surface area contributed by atoms with E-state index >= 15 is 0 Å². The van der Waals surface area contributed by atoms with E-state index in [1.807, 2.05) is 41.1 Å². The molecule has 0 saturated carbocycles. The van der Waals surface area contributed by atoms with Gasteiger partial charge < -0.3 is 9.80 Å². The van der Waals surface area contributed by atoms with Crippen molar-refractivity contribution in [2.75, 3.05) is 39.3 Å². The first-order valence-electron chi connectivity index (χ1n) is 8.67. The Balaban J connectivity index is 1.80. The second-order valence-corrected chi connectivity index (χ2v) is 7.06. The van der Waals surface area contributed by atoms with Crippen LogP contribution in [0.25, 0.3) is 0 Å². The first kappa shape index (κ1) is 16.9. The molecule has 2 aliphatic rings. The van der Waals surface area contributed by atoms with Crippen LogP contribution < -0.4 is 0 Å². The number of hydrogen-bond acceptors (Lipinski definition) is 4. The average Bonchev–Trinajstić information content (AvgIpc) is 2.75. The summed E-state index contributed by atoms with van der Waals surface area (Å²) in [5.41, 5.74) is 0.866. The number of aromatic nitrogens is 1. The van der Waals surface area contributed by atoms with Crippen LogP contribution in [0.1, 0.15) is 26.0 Å². The molecule has 0 aromatic carbocycles. The Morgan fingerprint density at radius 2 is 2.08 bits per heavy atom. The van der Waals surface area contributed by atoms with Crippen LogP contribution in [0.2, 0.25) is 0 Å². The second kappa shape index (κ2) is 6.89. The fraction of sp³-hybridized carbons (Fsp3) is 0.611. The van der Waals surface area contributed by atoms with Gasteiger partial charge in [0.05, 0.1) is 5.69 Å². The van der Waals surface area contributed by atoms with Gasteiger partial charge in [-0.2, -0.15) is 0 Å². The van der Waals surface area contributed by atoms with Crippen molar-refractivity contribution >= 4 is 11.8 Å². The zero-order chi connectivity index (χ0) is 17.2. The molecule has 2 amide bonds. The minimum Gasteiger partial charge on any atom is -0.342 e. The normalized spacial score (nSPS) is 25.3. The lowest BCUT2D eigenvalue weighted by Crippen LogP contribution is -2.44. The third-order valence-corrected chi connectivity index (χ3v) is 5.12. The van der Waals surface area contributed by atoms with Crippen LogP contribution in [0.3, 0.4) is 0 Å². The molecule has 0 aliphatic carbocycles. The second-order valence-electron chi connectivity index (χ2n) is 7.06. The molecule has 6 nitrogen and oxygen atoms in total. The van der Waals surface area contributed by atoms with E-state index in [1.54, 1.807) is 6.92 Å². The Hall–Kier alpha value is -1.95. The fourth-order valence-electron chi connectivity index (χ4n) is 3.96. The van der Waals surface area contributed by atoms with Gasteiger partial charge in [-0.05, 0) is 19.1 Å². The van der Waals surface area contributed by atoms with Crippen LogP contribution in [0.15, 0.2) is 24.4 Å². The summed E-state index contributed by atoms with van der Waals surface area (Å²) < 4.78 is 0. The van der Waals surface area contributed by atoms with E-state index < -0.39 is 0 Å². The predicted octanol–water partition coefficient (Wildman–Crippen LogP) is 0.984. The SMILES string of the molecule is CCN1C[C@]2(CC1=O)CN(Cc1ccccn1)CCN(C(C)=O)C2. The molecule has 0 unspecified atom stereocenters. The van der Waals surface area contributed by atoms with E-state index in [0.717, 1.165) is 38.4 Å². The van der Waals surface area contributed by atoms with Crippen molar-refractivity contribution in [3.63, 3.8) is 0 Å². The number of pyridine rings is 1. The molecule has 1 spiro atoms. The highest BCUT2D eigenvalue weighted by atomic mass is 16.2. The molecule has 2 aliphatic heterocycles. The van der Waals surface area contributed by atoms with E-state index in [4.69, 9.17) is 0 Å². The van der Waals surface area contributed by atoms with Gasteiger partial charge in [0.1, 0.15) is 0 Å². The van der Waals surface area contributed by atoms with E-state index in [1.165, 1.54) is 0 Å². The van der Waals surface area contributed by atoms with Crippen LogP contribution in [0.4, 0.5) is 0 Å². The fourth-order valence-corrected chi connectivity index (χ4v) is 3.96. The van der Waals surface area contributed by atoms with Gasteiger partial charge >= 0.3 is 0 Å². The molecule has 1 atom stereocenters. The lowest BCUT2D eigenvalue weighted by molar-refractivity contribution is -0.130. The Bertz CT molecular complexity index is 606. The van der Waals surface area contributed by atoms with Crippen molar-refractivity contribution in [2.45, 2.75) is 26.8 Å². The number of amides is 2. The first-order chi connectivity index (χ1) is 11.5. The highest BCUT2D eigenvalue weighted by molar-refractivity contribution is 5.80. The largest absolute Gasteiger partial charge is 0.342 e. The number of nitrogens with zero attached hydrogens (tertiary/aromatic N) is 4. The number of likely N-dealkylation sites (tertiary alicyclic amines) is 1. The van der Waals surface area contributed by atoms with Crippen LogP contribution in [-0.4, -0.2) is 70.8 Å². The van der Waals surface area contributed by atoms with Crippen LogP contribution >= 0.6 is 0 Å². The van der Waals surface area contributed by atoms with Crippen LogP contribution in [-0.2, 0) is 16.1 Å². The maximum Gasteiger partial charge on any atom is 0.223 e.